The van der Waals surface area contributed by atoms with Gasteiger partial charge in [-0.05, 0) is 48.2 Å². The van der Waals surface area contributed by atoms with E-state index in [2.05, 4.69) is 5.32 Å². The Labute approximate surface area is 158 Å². The van der Waals surface area contributed by atoms with E-state index in [0.29, 0.717) is 11.5 Å². The Bertz CT molecular complexity index is 694. The van der Waals surface area contributed by atoms with E-state index in [-0.39, 0.29) is 12.8 Å². The summed E-state index contributed by atoms with van der Waals surface area (Å²) in [4.78, 5) is 24.2. The van der Waals surface area contributed by atoms with Crippen molar-refractivity contribution < 1.29 is 19.1 Å². The average molecular weight is 370 g/mol. The van der Waals surface area contributed by atoms with Crippen LogP contribution in [0, 0.1) is 0 Å². The highest BCUT2D eigenvalue weighted by molar-refractivity contribution is 5.99. The Morgan fingerprint density at radius 2 is 1.11 bits per heavy atom. The molecule has 143 valence electrons. The van der Waals surface area contributed by atoms with Crippen molar-refractivity contribution >= 4 is 11.8 Å². The topological polar surface area (TPSA) is 119 Å². The van der Waals surface area contributed by atoms with Crippen LogP contribution in [0.25, 0.3) is 0 Å². The first-order chi connectivity index (χ1) is 12.9. The Morgan fingerprint density at radius 1 is 0.778 bits per heavy atom. The molecule has 0 aliphatic heterocycles. The molecule has 4 N–H and O–H groups in total. The number of rotatable bonds is 8. The van der Waals surface area contributed by atoms with Crippen LogP contribution in [0.3, 0.4) is 0 Å². The maximum Gasteiger partial charge on any atom is 0.266 e. The van der Waals surface area contributed by atoms with Crippen LogP contribution in [0.15, 0.2) is 48.5 Å². The minimum Gasteiger partial charge on any atom is -0.497 e. The second-order valence-electron chi connectivity index (χ2n) is 6.11. The maximum absolute atomic E-state index is 12.1. The smallest absolute Gasteiger partial charge is 0.266 e. The van der Waals surface area contributed by atoms with Gasteiger partial charge in [-0.2, -0.15) is 5.32 Å². The first-order valence-electron chi connectivity index (χ1n) is 8.49. The van der Waals surface area contributed by atoms with Gasteiger partial charge in [0.15, 0.2) is 0 Å². The van der Waals surface area contributed by atoms with E-state index < -0.39 is 23.9 Å². The van der Waals surface area contributed by atoms with Gasteiger partial charge < -0.3 is 20.9 Å². The summed E-state index contributed by atoms with van der Waals surface area (Å²) < 4.78 is 10.2. The van der Waals surface area contributed by atoms with Crippen LogP contribution in [0.1, 0.15) is 11.1 Å². The number of carbonyl (C=O) groups is 2. The minimum atomic E-state index is -0.907. The number of hydrogen-bond donors (Lipinski definition) is 2. The molecule has 2 amide bonds. The lowest BCUT2D eigenvalue weighted by Gasteiger charge is -2.13. The minimum absolute atomic E-state index is 0.271. The van der Waals surface area contributed by atoms with Crippen molar-refractivity contribution in [2.45, 2.75) is 24.9 Å². The van der Waals surface area contributed by atoms with Crippen molar-refractivity contribution in [3.63, 3.8) is 0 Å². The van der Waals surface area contributed by atoms with Crippen molar-refractivity contribution in [2.75, 3.05) is 14.2 Å². The van der Waals surface area contributed by atoms with Crippen LogP contribution < -0.4 is 26.3 Å². The Morgan fingerprint density at radius 3 is 1.41 bits per heavy atom. The van der Waals surface area contributed by atoms with Crippen LogP contribution in [0.4, 0.5) is 0 Å². The van der Waals surface area contributed by atoms with Crippen molar-refractivity contribution in [2.24, 2.45) is 11.5 Å². The Hall–Kier alpha value is -2.90. The number of hydrogen-bond acceptors (Lipinski definition) is 6. The predicted molar refractivity (Wildman–Crippen MR) is 101 cm³/mol. The molecular formula is C20H24N3O4. The molecule has 27 heavy (non-hydrogen) atoms. The van der Waals surface area contributed by atoms with Crippen molar-refractivity contribution in [1.29, 1.82) is 0 Å². The number of amides is 2. The molecule has 7 heteroatoms. The van der Waals surface area contributed by atoms with Crippen molar-refractivity contribution in [3.8, 4) is 11.5 Å². The third-order valence-corrected chi connectivity index (χ3v) is 4.08. The third-order valence-electron chi connectivity index (χ3n) is 4.08. The zero-order valence-electron chi connectivity index (χ0n) is 15.4. The summed E-state index contributed by atoms with van der Waals surface area (Å²) in [6.07, 6.45) is 0.542. The molecule has 0 heterocycles. The van der Waals surface area contributed by atoms with E-state index in [4.69, 9.17) is 20.9 Å². The van der Waals surface area contributed by atoms with Gasteiger partial charge in [0.05, 0.1) is 26.3 Å². The maximum atomic E-state index is 12.1. The van der Waals surface area contributed by atoms with Crippen LogP contribution >= 0.6 is 0 Å². The van der Waals surface area contributed by atoms with Gasteiger partial charge in [0.2, 0.25) is 0 Å². The summed E-state index contributed by atoms with van der Waals surface area (Å²) in [6.45, 7) is 0. The lowest BCUT2D eigenvalue weighted by Crippen LogP contribution is -2.46. The van der Waals surface area contributed by atoms with E-state index in [1.807, 2.05) is 24.3 Å². The normalized spacial score (nSPS) is 12.7. The predicted octanol–water partition coefficient (Wildman–Crippen LogP) is 0.801. The first-order valence-corrected chi connectivity index (χ1v) is 8.49. The summed E-state index contributed by atoms with van der Waals surface area (Å²) in [7, 11) is 3.15. The van der Waals surface area contributed by atoms with Gasteiger partial charge in [0, 0.05) is 0 Å². The molecule has 0 bridgehead atoms. The zero-order chi connectivity index (χ0) is 19.8. The summed E-state index contributed by atoms with van der Waals surface area (Å²) in [5.41, 5.74) is 13.4. The monoisotopic (exact) mass is 370 g/mol. The fraction of sp³-hybridized carbons (Fsp3) is 0.300. The molecular weight excluding hydrogens is 346 g/mol. The Kier molecular flexibility index (Phi) is 7.34. The van der Waals surface area contributed by atoms with Gasteiger partial charge in [-0.3, -0.25) is 9.59 Å². The van der Waals surface area contributed by atoms with Gasteiger partial charge in [0.25, 0.3) is 11.8 Å². The molecule has 0 unspecified atom stereocenters. The SMILES string of the molecule is COc1ccc(C[C@H](N)C(=O)[N]C(=O)[C@@H](N)Cc2ccc(OC)cc2)cc1. The summed E-state index contributed by atoms with van der Waals surface area (Å²) in [5.74, 6) is 0.0630. The number of ether oxygens (including phenoxy) is 2. The molecule has 0 saturated carbocycles. The summed E-state index contributed by atoms with van der Waals surface area (Å²) >= 11 is 0. The summed E-state index contributed by atoms with van der Waals surface area (Å²) in [6, 6.07) is 12.5. The van der Waals surface area contributed by atoms with Crippen molar-refractivity contribution in [3.05, 3.63) is 59.7 Å². The Balaban J connectivity index is 1.85. The molecule has 2 aromatic rings. The number of benzene rings is 2. The highest BCUT2D eigenvalue weighted by atomic mass is 16.5. The first kappa shape index (κ1) is 20.4. The standard InChI is InChI=1S/C20H24N3O4/c1-26-15-7-3-13(4-8-15)11-17(21)19(24)23-20(25)18(22)12-14-5-9-16(27-2)10-6-14/h3-10,17-18H,11-12,21-22H2,1-2H3/t17-,18-/m0/s1. The van der Waals surface area contributed by atoms with Gasteiger partial charge in [-0.25, -0.2) is 0 Å². The molecule has 1 radical (unpaired) electrons. The third kappa shape index (κ3) is 6.09. The van der Waals surface area contributed by atoms with Gasteiger partial charge in [-0.15, -0.1) is 0 Å². The summed E-state index contributed by atoms with van der Waals surface area (Å²) in [5, 5.41) is 3.56. The molecule has 0 aromatic heterocycles. The van der Waals surface area contributed by atoms with E-state index >= 15 is 0 Å². The van der Waals surface area contributed by atoms with Crippen LogP contribution in [-0.4, -0.2) is 38.1 Å². The van der Waals surface area contributed by atoms with Gasteiger partial charge >= 0.3 is 0 Å². The molecule has 0 spiro atoms. The van der Waals surface area contributed by atoms with Gasteiger partial charge in [-0.1, -0.05) is 24.3 Å². The molecule has 0 saturated heterocycles. The quantitative estimate of drug-likeness (QED) is 0.709. The lowest BCUT2D eigenvalue weighted by molar-refractivity contribution is -0.132. The number of methoxy groups -OCH3 is 2. The largest absolute Gasteiger partial charge is 0.497 e. The molecule has 2 atom stereocenters. The van der Waals surface area contributed by atoms with E-state index in [9.17, 15) is 9.59 Å². The van der Waals surface area contributed by atoms with Crippen molar-refractivity contribution in [1.82, 2.24) is 5.32 Å². The second-order valence-corrected chi connectivity index (χ2v) is 6.11. The number of nitrogens with two attached hydrogens (primary N) is 2. The average Bonchev–Trinajstić information content (AvgIpc) is 2.68. The van der Waals surface area contributed by atoms with E-state index in [0.717, 1.165) is 11.1 Å². The highest BCUT2D eigenvalue weighted by Crippen LogP contribution is 2.13. The lowest BCUT2D eigenvalue weighted by atomic mass is 10.0. The van der Waals surface area contributed by atoms with Crippen LogP contribution in [-0.2, 0) is 22.4 Å². The zero-order valence-corrected chi connectivity index (χ0v) is 15.4. The number of carbonyl (C=O) groups excluding carboxylic acids is 2. The van der Waals surface area contributed by atoms with E-state index in [1.165, 1.54) is 0 Å². The van der Waals surface area contributed by atoms with Gasteiger partial charge in [0.1, 0.15) is 11.5 Å². The fourth-order valence-electron chi connectivity index (χ4n) is 2.48. The molecule has 2 rings (SSSR count). The fourth-order valence-corrected chi connectivity index (χ4v) is 2.48. The second kappa shape index (κ2) is 9.70. The highest BCUT2D eigenvalue weighted by Gasteiger charge is 2.23. The molecule has 2 aromatic carbocycles. The van der Waals surface area contributed by atoms with Crippen LogP contribution in [0.5, 0.6) is 11.5 Å². The number of imide groups is 1. The van der Waals surface area contributed by atoms with E-state index in [1.54, 1.807) is 38.5 Å². The number of nitrogens with zero attached hydrogens (tertiary/aromatic N) is 1. The van der Waals surface area contributed by atoms with Crippen LogP contribution in [0.2, 0.25) is 0 Å². The molecule has 0 fully saturated rings. The molecule has 0 aliphatic carbocycles. The molecule has 7 nitrogen and oxygen atoms in total. The molecule has 0 aliphatic rings.